The number of piperidine rings is 1. The van der Waals surface area contributed by atoms with Gasteiger partial charge < -0.3 is 14.5 Å². The molecule has 2 aromatic rings. The zero-order valence-electron chi connectivity index (χ0n) is 17.2. The Balaban J connectivity index is 1.38. The predicted octanol–water partition coefficient (Wildman–Crippen LogP) is 2.68. The molecular weight excluding hydrogens is 364 g/mol. The summed E-state index contributed by atoms with van der Waals surface area (Å²) in [5.41, 5.74) is 2.79. The number of morpholine rings is 1. The van der Waals surface area contributed by atoms with Crippen LogP contribution in [0.1, 0.15) is 46.2 Å². The van der Waals surface area contributed by atoms with Gasteiger partial charge in [0.05, 0.1) is 24.5 Å². The number of likely N-dealkylation sites (tertiary alicyclic amines) is 1. The molecular formula is C23H30N4O2. The van der Waals surface area contributed by atoms with Crippen LogP contribution in [0.4, 0.5) is 0 Å². The van der Waals surface area contributed by atoms with E-state index in [1.165, 1.54) is 5.56 Å². The molecule has 2 aliphatic heterocycles. The molecule has 154 valence electrons. The van der Waals surface area contributed by atoms with Crippen LogP contribution in [0.5, 0.6) is 0 Å². The first-order valence-electron chi connectivity index (χ1n) is 10.7. The molecule has 1 atom stereocenters. The third-order valence-electron chi connectivity index (χ3n) is 5.96. The summed E-state index contributed by atoms with van der Waals surface area (Å²) in [7, 11) is 0. The fraction of sp³-hybridized carbons (Fsp3) is 0.522. The van der Waals surface area contributed by atoms with Gasteiger partial charge in [0, 0.05) is 38.3 Å². The average molecular weight is 395 g/mol. The highest BCUT2D eigenvalue weighted by Crippen LogP contribution is 2.25. The summed E-state index contributed by atoms with van der Waals surface area (Å²) < 4.78 is 5.34. The number of rotatable bonds is 5. The number of benzene rings is 1. The molecule has 0 spiro atoms. The first-order valence-corrected chi connectivity index (χ1v) is 10.7. The van der Waals surface area contributed by atoms with Crippen molar-refractivity contribution in [1.29, 1.82) is 0 Å². The minimum atomic E-state index is 0.0190. The second-order valence-electron chi connectivity index (χ2n) is 8.01. The lowest BCUT2D eigenvalue weighted by Crippen LogP contribution is -2.41. The molecule has 6 heteroatoms. The van der Waals surface area contributed by atoms with Crippen molar-refractivity contribution < 1.29 is 9.53 Å². The van der Waals surface area contributed by atoms with Crippen LogP contribution in [-0.2, 0) is 11.2 Å². The van der Waals surface area contributed by atoms with Crippen molar-refractivity contribution in [3.05, 3.63) is 59.2 Å². The molecule has 3 heterocycles. The van der Waals surface area contributed by atoms with E-state index in [9.17, 15) is 4.79 Å². The summed E-state index contributed by atoms with van der Waals surface area (Å²) in [5.74, 6) is 1.24. The molecule has 1 amide bonds. The summed E-state index contributed by atoms with van der Waals surface area (Å²) in [5, 5.41) is 0. The number of carbonyl (C=O) groups excluding carboxylic acids is 1. The van der Waals surface area contributed by atoms with Crippen molar-refractivity contribution in [2.75, 3.05) is 45.9 Å². The number of amides is 1. The lowest BCUT2D eigenvalue weighted by molar-refractivity contribution is 0.0301. The topological polar surface area (TPSA) is 58.6 Å². The SMILES string of the molecule is Cc1nc(C2CCCN(CCc3ccccc3)C2)ncc1C(=O)N1CCOCC1. The lowest BCUT2D eigenvalue weighted by atomic mass is 9.96. The van der Waals surface area contributed by atoms with E-state index in [1.807, 2.05) is 11.8 Å². The largest absolute Gasteiger partial charge is 0.378 e. The number of aromatic nitrogens is 2. The van der Waals surface area contributed by atoms with E-state index in [-0.39, 0.29) is 5.91 Å². The van der Waals surface area contributed by atoms with Gasteiger partial charge in [0.15, 0.2) is 0 Å². The maximum atomic E-state index is 12.8. The zero-order chi connectivity index (χ0) is 20.1. The molecule has 0 aliphatic carbocycles. The number of ether oxygens (including phenoxy) is 1. The molecule has 0 bridgehead atoms. The molecule has 0 N–H and O–H groups in total. The molecule has 2 saturated heterocycles. The van der Waals surface area contributed by atoms with Crippen molar-refractivity contribution in [3.8, 4) is 0 Å². The van der Waals surface area contributed by atoms with Gasteiger partial charge in [0.1, 0.15) is 5.82 Å². The lowest BCUT2D eigenvalue weighted by Gasteiger charge is -2.32. The fourth-order valence-electron chi connectivity index (χ4n) is 4.23. The monoisotopic (exact) mass is 394 g/mol. The van der Waals surface area contributed by atoms with E-state index >= 15 is 0 Å². The van der Waals surface area contributed by atoms with Crippen molar-refractivity contribution in [3.63, 3.8) is 0 Å². The Morgan fingerprint density at radius 1 is 1.17 bits per heavy atom. The van der Waals surface area contributed by atoms with E-state index in [0.717, 1.165) is 50.4 Å². The Bertz CT molecular complexity index is 821. The molecule has 2 aliphatic rings. The van der Waals surface area contributed by atoms with Crippen LogP contribution in [0.15, 0.2) is 36.5 Å². The molecule has 0 radical (unpaired) electrons. The fourth-order valence-corrected chi connectivity index (χ4v) is 4.23. The van der Waals surface area contributed by atoms with Crippen molar-refractivity contribution in [2.45, 2.75) is 32.1 Å². The standard InChI is InChI=1S/C23H30N4O2/c1-18-21(23(28)27-12-14-29-15-13-27)16-24-22(25-18)20-8-5-10-26(17-20)11-9-19-6-3-2-4-7-19/h2-4,6-7,16,20H,5,8-15,17H2,1H3. The molecule has 1 aromatic carbocycles. The Labute approximate surface area is 172 Å². The van der Waals surface area contributed by atoms with Crippen LogP contribution < -0.4 is 0 Å². The third-order valence-corrected chi connectivity index (χ3v) is 5.96. The summed E-state index contributed by atoms with van der Waals surface area (Å²) in [4.78, 5) is 26.5. The Morgan fingerprint density at radius 3 is 2.72 bits per heavy atom. The number of aryl methyl sites for hydroxylation is 1. The minimum Gasteiger partial charge on any atom is -0.378 e. The van der Waals surface area contributed by atoms with Crippen molar-refractivity contribution in [1.82, 2.24) is 19.8 Å². The number of nitrogens with zero attached hydrogens (tertiary/aromatic N) is 4. The quantitative estimate of drug-likeness (QED) is 0.780. The first-order chi connectivity index (χ1) is 14.2. The van der Waals surface area contributed by atoms with Gasteiger partial charge in [-0.1, -0.05) is 30.3 Å². The molecule has 29 heavy (non-hydrogen) atoms. The highest BCUT2D eigenvalue weighted by Gasteiger charge is 2.26. The maximum Gasteiger partial charge on any atom is 0.257 e. The van der Waals surface area contributed by atoms with Crippen LogP contribution in [0.3, 0.4) is 0 Å². The molecule has 6 nitrogen and oxygen atoms in total. The van der Waals surface area contributed by atoms with Crippen molar-refractivity contribution in [2.24, 2.45) is 0 Å². The molecule has 0 saturated carbocycles. The van der Waals surface area contributed by atoms with E-state index in [0.29, 0.717) is 37.8 Å². The van der Waals surface area contributed by atoms with Crippen LogP contribution in [-0.4, -0.2) is 71.6 Å². The van der Waals surface area contributed by atoms with Gasteiger partial charge in [-0.2, -0.15) is 0 Å². The van der Waals surface area contributed by atoms with Crippen molar-refractivity contribution >= 4 is 5.91 Å². The van der Waals surface area contributed by atoms with E-state index in [2.05, 4.69) is 40.2 Å². The van der Waals surface area contributed by atoms with Gasteiger partial charge in [-0.15, -0.1) is 0 Å². The van der Waals surface area contributed by atoms with Crippen LogP contribution >= 0.6 is 0 Å². The second-order valence-corrected chi connectivity index (χ2v) is 8.01. The molecule has 2 fully saturated rings. The zero-order valence-corrected chi connectivity index (χ0v) is 17.2. The van der Waals surface area contributed by atoms with Gasteiger partial charge in [0.25, 0.3) is 5.91 Å². The first kappa shape index (κ1) is 20.0. The summed E-state index contributed by atoms with van der Waals surface area (Å²) in [6.07, 6.45) is 5.08. The minimum absolute atomic E-state index is 0.0190. The Kier molecular flexibility index (Phi) is 6.52. The third kappa shape index (κ3) is 5.00. The molecule has 1 aromatic heterocycles. The Morgan fingerprint density at radius 2 is 1.97 bits per heavy atom. The summed E-state index contributed by atoms with van der Waals surface area (Å²) in [6.45, 7) is 7.59. The van der Waals surface area contributed by atoms with Gasteiger partial charge >= 0.3 is 0 Å². The normalized spacial score (nSPS) is 20.6. The van der Waals surface area contributed by atoms with Gasteiger partial charge in [0.2, 0.25) is 0 Å². The van der Waals surface area contributed by atoms with E-state index in [4.69, 9.17) is 9.72 Å². The smallest absolute Gasteiger partial charge is 0.257 e. The summed E-state index contributed by atoms with van der Waals surface area (Å²) in [6, 6.07) is 10.7. The van der Waals surface area contributed by atoms with Gasteiger partial charge in [-0.05, 0) is 38.3 Å². The highest BCUT2D eigenvalue weighted by atomic mass is 16.5. The number of carbonyl (C=O) groups is 1. The molecule has 1 unspecified atom stereocenters. The van der Waals surface area contributed by atoms with Crippen LogP contribution in [0.25, 0.3) is 0 Å². The second kappa shape index (κ2) is 9.46. The van der Waals surface area contributed by atoms with Crippen LogP contribution in [0.2, 0.25) is 0 Å². The highest BCUT2D eigenvalue weighted by molar-refractivity contribution is 5.95. The average Bonchev–Trinajstić information content (AvgIpc) is 2.79. The summed E-state index contributed by atoms with van der Waals surface area (Å²) >= 11 is 0. The Hall–Kier alpha value is -2.31. The van der Waals surface area contributed by atoms with Gasteiger partial charge in [-0.25, -0.2) is 9.97 Å². The predicted molar refractivity (Wildman–Crippen MR) is 112 cm³/mol. The number of hydrogen-bond donors (Lipinski definition) is 0. The molecule has 4 rings (SSSR count). The van der Waals surface area contributed by atoms with E-state index < -0.39 is 0 Å². The van der Waals surface area contributed by atoms with Gasteiger partial charge in [-0.3, -0.25) is 4.79 Å². The maximum absolute atomic E-state index is 12.8. The number of hydrogen-bond acceptors (Lipinski definition) is 5. The van der Waals surface area contributed by atoms with E-state index in [1.54, 1.807) is 6.20 Å². The van der Waals surface area contributed by atoms with Crippen LogP contribution in [0, 0.1) is 6.92 Å².